The van der Waals surface area contributed by atoms with Crippen LogP contribution in [0.15, 0.2) is 21.9 Å². The van der Waals surface area contributed by atoms with Crippen LogP contribution in [0.3, 0.4) is 0 Å². The average molecular weight is 241 g/mol. The number of hydrogen-bond donors (Lipinski definition) is 1. The summed E-state index contributed by atoms with van der Waals surface area (Å²) >= 11 is 6.12. The molecule has 2 aliphatic rings. The maximum atomic E-state index is 11.6. The Morgan fingerprint density at radius 3 is 2.75 bits per heavy atom. The van der Waals surface area contributed by atoms with E-state index in [1.165, 1.54) is 0 Å². The Bertz CT molecular complexity index is 379. The van der Waals surface area contributed by atoms with Gasteiger partial charge in [-0.25, -0.2) is 0 Å². The van der Waals surface area contributed by atoms with Crippen LogP contribution in [0.4, 0.5) is 0 Å². The summed E-state index contributed by atoms with van der Waals surface area (Å²) in [5.74, 6) is 0.875. The number of carbonyl (C=O) groups is 1. The summed E-state index contributed by atoms with van der Waals surface area (Å²) in [6, 6.07) is 0. The highest BCUT2D eigenvalue weighted by Crippen LogP contribution is 2.43. The van der Waals surface area contributed by atoms with Crippen molar-refractivity contribution < 1.29 is 9.90 Å². The van der Waals surface area contributed by atoms with Gasteiger partial charge in [-0.1, -0.05) is 24.9 Å². The monoisotopic (exact) mass is 240 g/mol. The van der Waals surface area contributed by atoms with Gasteiger partial charge < -0.3 is 5.11 Å². The third-order valence-corrected chi connectivity index (χ3v) is 3.93. The molecule has 0 saturated heterocycles. The number of carbonyl (C=O) groups excluding carboxylic acids is 1. The molecule has 0 fully saturated rings. The molecule has 16 heavy (non-hydrogen) atoms. The van der Waals surface area contributed by atoms with Crippen LogP contribution >= 0.6 is 11.6 Å². The first-order chi connectivity index (χ1) is 7.65. The number of allylic oxidation sites excluding steroid dienone is 4. The smallest absolute Gasteiger partial charge is 0.174 e. The number of ketones is 1. The SMILES string of the molecule is CCCC1=C(O)CCC2CCC(=O)C(Cl)=C12. The maximum absolute atomic E-state index is 11.6. The van der Waals surface area contributed by atoms with E-state index in [0.717, 1.165) is 43.3 Å². The molecule has 1 unspecified atom stereocenters. The lowest BCUT2D eigenvalue weighted by Gasteiger charge is -2.31. The van der Waals surface area contributed by atoms with E-state index in [1.54, 1.807) is 0 Å². The first-order valence-electron chi connectivity index (χ1n) is 5.99. The molecular weight excluding hydrogens is 224 g/mol. The summed E-state index contributed by atoms with van der Waals surface area (Å²) < 4.78 is 0. The van der Waals surface area contributed by atoms with Crippen molar-refractivity contribution in [2.24, 2.45) is 5.92 Å². The van der Waals surface area contributed by atoms with Crippen LogP contribution < -0.4 is 0 Å². The maximum Gasteiger partial charge on any atom is 0.174 e. The molecule has 3 heteroatoms. The minimum absolute atomic E-state index is 0.0382. The summed E-state index contributed by atoms with van der Waals surface area (Å²) in [5.41, 5.74) is 1.89. The lowest BCUT2D eigenvalue weighted by Crippen LogP contribution is -2.22. The van der Waals surface area contributed by atoms with Crippen LogP contribution in [-0.4, -0.2) is 10.9 Å². The second kappa shape index (κ2) is 4.62. The minimum atomic E-state index is 0.0382. The standard InChI is InChI=1S/C13H17ClO2/c1-2-3-9-10(15)6-4-8-5-7-11(16)13(14)12(8)9/h8,15H,2-7H2,1H3. The zero-order chi connectivity index (χ0) is 11.7. The molecule has 0 heterocycles. The summed E-state index contributed by atoms with van der Waals surface area (Å²) in [7, 11) is 0. The van der Waals surface area contributed by atoms with Gasteiger partial charge in [0.05, 0.1) is 10.8 Å². The number of halogens is 1. The van der Waals surface area contributed by atoms with E-state index in [1.807, 2.05) is 0 Å². The topological polar surface area (TPSA) is 37.3 Å². The first kappa shape index (κ1) is 11.7. The molecule has 1 atom stereocenters. The molecule has 0 saturated carbocycles. The number of rotatable bonds is 2. The largest absolute Gasteiger partial charge is 0.512 e. The van der Waals surface area contributed by atoms with Gasteiger partial charge in [-0.2, -0.15) is 0 Å². The fourth-order valence-electron chi connectivity index (χ4n) is 2.70. The van der Waals surface area contributed by atoms with E-state index < -0.39 is 0 Å². The Balaban J connectivity index is 2.46. The van der Waals surface area contributed by atoms with Gasteiger partial charge >= 0.3 is 0 Å². The van der Waals surface area contributed by atoms with Gasteiger partial charge in [0.25, 0.3) is 0 Å². The van der Waals surface area contributed by atoms with Crippen molar-refractivity contribution in [1.29, 1.82) is 0 Å². The molecule has 0 aromatic heterocycles. The van der Waals surface area contributed by atoms with Crippen LogP contribution in [0.1, 0.15) is 45.4 Å². The Morgan fingerprint density at radius 1 is 1.38 bits per heavy atom. The van der Waals surface area contributed by atoms with Gasteiger partial charge in [0.1, 0.15) is 0 Å². The Hall–Kier alpha value is -0.760. The van der Waals surface area contributed by atoms with E-state index in [4.69, 9.17) is 11.6 Å². The summed E-state index contributed by atoms with van der Waals surface area (Å²) in [6.07, 6.45) is 4.91. The van der Waals surface area contributed by atoms with Crippen molar-refractivity contribution in [3.8, 4) is 0 Å². The van der Waals surface area contributed by atoms with E-state index in [0.29, 0.717) is 23.1 Å². The van der Waals surface area contributed by atoms with Crippen LogP contribution in [-0.2, 0) is 4.79 Å². The predicted molar refractivity (Wildman–Crippen MR) is 64.4 cm³/mol. The van der Waals surface area contributed by atoms with E-state index in [-0.39, 0.29) is 5.78 Å². The fraction of sp³-hybridized carbons (Fsp3) is 0.615. The van der Waals surface area contributed by atoms with E-state index >= 15 is 0 Å². The van der Waals surface area contributed by atoms with Gasteiger partial charge in [0.2, 0.25) is 0 Å². The molecule has 2 nitrogen and oxygen atoms in total. The summed E-state index contributed by atoms with van der Waals surface area (Å²) in [4.78, 5) is 11.6. The summed E-state index contributed by atoms with van der Waals surface area (Å²) in [6.45, 7) is 2.07. The minimum Gasteiger partial charge on any atom is -0.512 e. The zero-order valence-corrected chi connectivity index (χ0v) is 10.3. The number of aliphatic hydroxyl groups excluding tert-OH is 1. The second-order valence-corrected chi connectivity index (χ2v) is 4.98. The lowest BCUT2D eigenvalue weighted by atomic mass is 9.75. The van der Waals surface area contributed by atoms with Gasteiger partial charge in [0, 0.05) is 12.8 Å². The van der Waals surface area contributed by atoms with Gasteiger partial charge in [-0.15, -0.1) is 0 Å². The predicted octanol–water partition coefficient (Wildman–Crippen LogP) is 3.86. The van der Waals surface area contributed by atoms with Crippen molar-refractivity contribution in [3.05, 3.63) is 21.9 Å². The molecule has 88 valence electrons. The molecule has 0 aromatic carbocycles. The van der Waals surface area contributed by atoms with Gasteiger partial charge in [-0.3, -0.25) is 4.79 Å². The molecule has 0 amide bonds. The van der Waals surface area contributed by atoms with Crippen molar-refractivity contribution in [2.45, 2.75) is 45.4 Å². The Labute approximate surface area is 101 Å². The molecule has 0 radical (unpaired) electrons. The normalized spacial score (nSPS) is 26.1. The van der Waals surface area contributed by atoms with Gasteiger partial charge in [-0.05, 0) is 36.3 Å². The van der Waals surface area contributed by atoms with Crippen LogP contribution in [0.5, 0.6) is 0 Å². The summed E-state index contributed by atoms with van der Waals surface area (Å²) in [5, 5.41) is 10.3. The van der Waals surface area contributed by atoms with Crippen LogP contribution in [0.25, 0.3) is 0 Å². The highest BCUT2D eigenvalue weighted by molar-refractivity contribution is 6.43. The lowest BCUT2D eigenvalue weighted by molar-refractivity contribution is -0.115. The molecule has 0 aliphatic heterocycles. The Kier molecular flexibility index (Phi) is 3.38. The molecule has 1 N–H and O–H groups in total. The highest BCUT2D eigenvalue weighted by atomic mass is 35.5. The van der Waals surface area contributed by atoms with Crippen molar-refractivity contribution in [3.63, 3.8) is 0 Å². The first-order valence-corrected chi connectivity index (χ1v) is 6.37. The molecular formula is C13H17ClO2. The quantitative estimate of drug-likeness (QED) is 0.796. The van der Waals surface area contributed by atoms with Crippen molar-refractivity contribution in [2.75, 3.05) is 0 Å². The molecule has 2 rings (SSSR count). The van der Waals surface area contributed by atoms with Crippen LogP contribution in [0, 0.1) is 5.92 Å². The molecule has 0 spiro atoms. The number of Topliss-reactive ketones (excluding diaryl/α,β-unsaturated/α-hetero) is 1. The molecule has 0 bridgehead atoms. The second-order valence-electron chi connectivity index (χ2n) is 4.60. The average Bonchev–Trinajstić information content (AvgIpc) is 2.27. The highest BCUT2D eigenvalue weighted by Gasteiger charge is 2.33. The number of aliphatic hydroxyl groups is 1. The number of fused-ring (bicyclic) bond motifs is 1. The molecule has 2 aliphatic carbocycles. The van der Waals surface area contributed by atoms with E-state index in [2.05, 4.69) is 6.92 Å². The molecule has 0 aromatic rings. The zero-order valence-electron chi connectivity index (χ0n) is 9.55. The van der Waals surface area contributed by atoms with Gasteiger partial charge in [0.15, 0.2) is 5.78 Å². The third kappa shape index (κ3) is 1.91. The third-order valence-electron chi connectivity index (χ3n) is 3.51. The van der Waals surface area contributed by atoms with E-state index in [9.17, 15) is 9.90 Å². The Morgan fingerprint density at radius 2 is 2.06 bits per heavy atom. The van der Waals surface area contributed by atoms with Crippen LogP contribution in [0.2, 0.25) is 0 Å². The fourth-order valence-corrected chi connectivity index (χ4v) is 3.07. The van der Waals surface area contributed by atoms with Crippen molar-refractivity contribution in [1.82, 2.24) is 0 Å². The van der Waals surface area contributed by atoms with Crippen molar-refractivity contribution >= 4 is 17.4 Å². The number of hydrogen-bond acceptors (Lipinski definition) is 2.